The van der Waals surface area contributed by atoms with Crippen molar-refractivity contribution >= 4 is 38.3 Å². The Bertz CT molecular complexity index is 923. The average Bonchev–Trinajstić information content (AvgIpc) is 2.74. The third-order valence-corrected chi connectivity index (χ3v) is 17.1. The SMILES string of the molecule is CC(C)(C)[Si](C)(C)OC(CCNCc1cccc(CNc2ccc(Br)cc2)c1)O[Si](C)(C)C(C)(C)C. The van der Waals surface area contributed by atoms with E-state index in [1.807, 2.05) is 0 Å². The summed E-state index contributed by atoms with van der Waals surface area (Å²) in [5, 5.41) is 7.44. The fourth-order valence-electron chi connectivity index (χ4n) is 3.23. The predicted molar refractivity (Wildman–Crippen MR) is 165 cm³/mol. The third-order valence-electron chi connectivity index (χ3n) is 7.68. The summed E-state index contributed by atoms with van der Waals surface area (Å²) in [7, 11) is -3.88. The summed E-state index contributed by atoms with van der Waals surface area (Å²) in [5.41, 5.74) is 3.69. The van der Waals surface area contributed by atoms with Crippen LogP contribution in [0.4, 0.5) is 5.69 Å². The van der Waals surface area contributed by atoms with E-state index in [-0.39, 0.29) is 16.4 Å². The van der Waals surface area contributed by atoms with Crippen molar-refractivity contribution in [3.63, 3.8) is 0 Å². The topological polar surface area (TPSA) is 42.5 Å². The number of rotatable bonds is 12. The van der Waals surface area contributed by atoms with Gasteiger partial charge in [0.1, 0.15) is 6.29 Å². The molecule has 0 heterocycles. The van der Waals surface area contributed by atoms with Crippen molar-refractivity contribution in [3.05, 3.63) is 64.1 Å². The van der Waals surface area contributed by atoms with Crippen LogP contribution in [0.15, 0.2) is 53.0 Å². The highest BCUT2D eigenvalue weighted by Crippen LogP contribution is 2.41. The van der Waals surface area contributed by atoms with E-state index < -0.39 is 16.6 Å². The summed E-state index contributed by atoms with van der Waals surface area (Å²) >= 11 is 3.49. The summed E-state index contributed by atoms with van der Waals surface area (Å²) in [6, 6.07) is 17.1. The van der Waals surface area contributed by atoms with Crippen LogP contribution in [0.1, 0.15) is 59.1 Å². The quantitative estimate of drug-likeness (QED) is 0.147. The molecule has 0 radical (unpaired) electrons. The standard InChI is InChI=1S/C29H49BrN2O2Si2/c1-28(2,3)35(7,8)33-27(34-36(9,10)29(4,5)6)18-19-31-21-23-12-11-13-24(20-23)22-32-26-16-14-25(30)15-17-26/h11-17,20,27,31-32H,18-19,21-22H2,1-10H3. The van der Waals surface area contributed by atoms with Gasteiger partial charge in [0, 0.05) is 36.2 Å². The molecule has 0 fully saturated rings. The maximum atomic E-state index is 6.79. The van der Waals surface area contributed by atoms with Crippen LogP contribution in [0.5, 0.6) is 0 Å². The molecule has 0 atom stereocenters. The second-order valence-electron chi connectivity index (χ2n) is 12.8. The van der Waals surface area contributed by atoms with Gasteiger partial charge in [-0.3, -0.25) is 0 Å². The van der Waals surface area contributed by atoms with Gasteiger partial charge in [0.2, 0.25) is 0 Å². The molecule has 0 spiro atoms. The molecule has 0 aliphatic rings. The van der Waals surface area contributed by atoms with E-state index in [0.29, 0.717) is 0 Å². The predicted octanol–water partition coefficient (Wildman–Crippen LogP) is 8.91. The molecule has 2 rings (SSSR count). The maximum Gasteiger partial charge on any atom is 0.195 e. The van der Waals surface area contributed by atoms with Crippen LogP contribution in [0.2, 0.25) is 36.3 Å². The molecule has 202 valence electrons. The molecule has 0 unspecified atom stereocenters. The van der Waals surface area contributed by atoms with Crippen molar-refractivity contribution in [2.24, 2.45) is 0 Å². The molecule has 0 aliphatic heterocycles. The molecular weight excluding hydrogens is 544 g/mol. The summed E-state index contributed by atoms with van der Waals surface area (Å²) in [4.78, 5) is 0. The summed E-state index contributed by atoms with van der Waals surface area (Å²) in [6.07, 6.45) is 0.685. The molecule has 7 heteroatoms. The van der Waals surface area contributed by atoms with Crippen LogP contribution in [-0.4, -0.2) is 29.5 Å². The number of halogens is 1. The van der Waals surface area contributed by atoms with Crippen molar-refractivity contribution in [2.45, 2.75) is 104 Å². The van der Waals surface area contributed by atoms with Crippen LogP contribution in [0, 0.1) is 0 Å². The Hall–Kier alpha value is -0.966. The van der Waals surface area contributed by atoms with Gasteiger partial charge in [-0.1, -0.05) is 81.7 Å². The highest BCUT2D eigenvalue weighted by Gasteiger charge is 2.43. The highest BCUT2D eigenvalue weighted by molar-refractivity contribution is 9.10. The number of hydrogen-bond donors (Lipinski definition) is 2. The molecule has 0 amide bonds. The zero-order valence-electron chi connectivity index (χ0n) is 24.2. The molecule has 36 heavy (non-hydrogen) atoms. The summed E-state index contributed by atoms with van der Waals surface area (Å²) in [5.74, 6) is 0. The van der Waals surface area contributed by atoms with Gasteiger partial charge < -0.3 is 19.5 Å². The van der Waals surface area contributed by atoms with Gasteiger partial charge in [0.25, 0.3) is 0 Å². The molecule has 2 N–H and O–H groups in total. The fourth-order valence-corrected chi connectivity index (χ4v) is 5.94. The number of benzene rings is 2. The van der Waals surface area contributed by atoms with Crippen LogP contribution in [-0.2, 0) is 21.9 Å². The van der Waals surface area contributed by atoms with Gasteiger partial charge in [-0.15, -0.1) is 0 Å². The number of hydrogen-bond acceptors (Lipinski definition) is 4. The van der Waals surface area contributed by atoms with Crippen LogP contribution < -0.4 is 10.6 Å². The largest absolute Gasteiger partial charge is 0.393 e. The fraction of sp³-hybridized carbons (Fsp3) is 0.586. The molecule has 0 saturated heterocycles. The van der Waals surface area contributed by atoms with Crippen molar-refractivity contribution in [2.75, 3.05) is 11.9 Å². The van der Waals surface area contributed by atoms with E-state index in [9.17, 15) is 0 Å². The summed E-state index contributed by atoms with van der Waals surface area (Å²) in [6.45, 7) is 25.5. The van der Waals surface area contributed by atoms with Crippen LogP contribution in [0.25, 0.3) is 0 Å². The van der Waals surface area contributed by atoms with E-state index >= 15 is 0 Å². The monoisotopic (exact) mass is 592 g/mol. The Labute approximate surface area is 231 Å². The third kappa shape index (κ3) is 9.73. The number of anilines is 1. The van der Waals surface area contributed by atoms with Gasteiger partial charge >= 0.3 is 0 Å². The van der Waals surface area contributed by atoms with Gasteiger partial charge in [-0.05, 0) is 71.7 Å². The first-order chi connectivity index (χ1) is 16.5. The molecular formula is C29H49BrN2O2Si2. The molecule has 0 aromatic heterocycles. The van der Waals surface area contributed by atoms with Crippen molar-refractivity contribution in [3.8, 4) is 0 Å². The minimum atomic E-state index is -1.94. The van der Waals surface area contributed by atoms with Gasteiger partial charge in [-0.2, -0.15) is 0 Å². The Balaban J connectivity index is 1.95. The van der Waals surface area contributed by atoms with Gasteiger partial charge in [0.05, 0.1) is 0 Å². The minimum Gasteiger partial charge on any atom is -0.393 e. The maximum absolute atomic E-state index is 6.79. The van der Waals surface area contributed by atoms with Gasteiger partial charge in [0.15, 0.2) is 16.6 Å². The van der Waals surface area contributed by atoms with Crippen LogP contribution >= 0.6 is 15.9 Å². The zero-order chi connectivity index (χ0) is 27.2. The van der Waals surface area contributed by atoms with Crippen molar-refractivity contribution in [1.82, 2.24) is 5.32 Å². The lowest BCUT2D eigenvalue weighted by molar-refractivity contribution is -0.0220. The first-order valence-electron chi connectivity index (χ1n) is 13.1. The Kier molecular flexibility index (Phi) is 11.0. The molecule has 2 aromatic carbocycles. The molecule has 0 aliphatic carbocycles. The molecule has 0 bridgehead atoms. The average molecular weight is 594 g/mol. The first-order valence-corrected chi connectivity index (χ1v) is 19.7. The second-order valence-corrected chi connectivity index (χ2v) is 23.3. The van der Waals surface area contributed by atoms with E-state index in [0.717, 1.165) is 36.2 Å². The number of nitrogens with one attached hydrogen (secondary N) is 2. The Morgan fingerprint density at radius 1 is 0.778 bits per heavy atom. The van der Waals surface area contributed by atoms with E-state index in [2.05, 4.69) is 143 Å². The zero-order valence-corrected chi connectivity index (χ0v) is 27.8. The van der Waals surface area contributed by atoms with E-state index in [4.69, 9.17) is 8.85 Å². The van der Waals surface area contributed by atoms with E-state index in [1.54, 1.807) is 0 Å². The molecule has 2 aromatic rings. The Morgan fingerprint density at radius 2 is 1.28 bits per heavy atom. The van der Waals surface area contributed by atoms with Crippen molar-refractivity contribution in [1.29, 1.82) is 0 Å². The highest BCUT2D eigenvalue weighted by atomic mass is 79.9. The lowest BCUT2D eigenvalue weighted by Gasteiger charge is -2.44. The minimum absolute atomic E-state index is 0.153. The summed E-state index contributed by atoms with van der Waals surface area (Å²) < 4.78 is 14.7. The smallest absolute Gasteiger partial charge is 0.195 e. The van der Waals surface area contributed by atoms with E-state index in [1.165, 1.54) is 11.1 Å². The molecule has 0 saturated carbocycles. The normalized spacial score (nSPS) is 13.3. The molecule has 4 nitrogen and oxygen atoms in total. The van der Waals surface area contributed by atoms with Crippen LogP contribution in [0.3, 0.4) is 0 Å². The first kappa shape index (κ1) is 31.3. The lowest BCUT2D eigenvalue weighted by Crippen LogP contribution is -2.50. The lowest BCUT2D eigenvalue weighted by atomic mass is 10.1. The van der Waals surface area contributed by atoms with Gasteiger partial charge in [-0.25, -0.2) is 0 Å². The second kappa shape index (κ2) is 12.7. The van der Waals surface area contributed by atoms with Crippen molar-refractivity contribution < 1.29 is 8.85 Å². The Morgan fingerprint density at radius 3 is 1.78 bits per heavy atom.